The van der Waals surface area contributed by atoms with E-state index in [4.69, 9.17) is 11.6 Å². The maximum atomic E-state index is 9.29. The Kier molecular flexibility index (Phi) is 2.94. The average molecular weight is 225 g/mol. The molecule has 0 amide bonds. The Morgan fingerprint density at radius 1 is 1.40 bits per heavy atom. The molecule has 6 heteroatoms. The van der Waals surface area contributed by atoms with Gasteiger partial charge in [-0.2, -0.15) is 4.80 Å². The largest absolute Gasteiger partial charge is 0.394 e. The molecule has 0 fully saturated rings. The minimum atomic E-state index is -0.388. The molecule has 0 bridgehead atoms. The van der Waals surface area contributed by atoms with E-state index in [0.717, 1.165) is 5.56 Å². The van der Waals surface area contributed by atoms with Gasteiger partial charge in [-0.3, -0.25) is 0 Å². The first-order chi connectivity index (χ1) is 7.33. The van der Waals surface area contributed by atoms with E-state index in [9.17, 15) is 5.11 Å². The third-order valence-corrected chi connectivity index (χ3v) is 2.42. The fourth-order valence-electron chi connectivity index (χ4n) is 1.36. The van der Waals surface area contributed by atoms with Crippen LogP contribution in [0, 0.1) is 0 Å². The fourth-order valence-corrected chi connectivity index (χ4v) is 1.62. The number of tetrazole rings is 1. The van der Waals surface area contributed by atoms with Crippen molar-refractivity contribution in [3.8, 4) is 0 Å². The number of hydrogen-bond acceptors (Lipinski definition) is 4. The molecule has 1 unspecified atom stereocenters. The third kappa shape index (κ3) is 1.98. The molecule has 78 valence electrons. The highest BCUT2D eigenvalue weighted by Crippen LogP contribution is 2.23. The predicted molar refractivity (Wildman–Crippen MR) is 54.5 cm³/mol. The molecule has 15 heavy (non-hydrogen) atoms. The van der Waals surface area contributed by atoms with Crippen LogP contribution in [-0.4, -0.2) is 31.9 Å². The fraction of sp³-hybridized carbons (Fsp3) is 0.222. The highest BCUT2D eigenvalue weighted by molar-refractivity contribution is 6.31. The smallest absolute Gasteiger partial charge is 0.162 e. The second-order valence-corrected chi connectivity index (χ2v) is 3.38. The summed E-state index contributed by atoms with van der Waals surface area (Å²) in [6.07, 6.45) is 1.32. The zero-order chi connectivity index (χ0) is 10.7. The second kappa shape index (κ2) is 4.37. The summed E-state index contributed by atoms with van der Waals surface area (Å²) in [6, 6.07) is 6.88. The van der Waals surface area contributed by atoms with Gasteiger partial charge >= 0.3 is 0 Å². The van der Waals surface area contributed by atoms with Gasteiger partial charge in [0.05, 0.1) is 6.61 Å². The van der Waals surface area contributed by atoms with Gasteiger partial charge in [-0.1, -0.05) is 29.8 Å². The summed E-state index contributed by atoms with van der Waals surface area (Å²) < 4.78 is 0. The molecular weight excluding hydrogens is 216 g/mol. The highest BCUT2D eigenvalue weighted by Gasteiger charge is 2.16. The molecule has 1 heterocycles. The number of hydrogen-bond donors (Lipinski definition) is 1. The van der Waals surface area contributed by atoms with Gasteiger partial charge < -0.3 is 5.11 Å². The number of aliphatic hydroxyl groups excluding tert-OH is 1. The van der Waals surface area contributed by atoms with Gasteiger partial charge in [0.25, 0.3) is 0 Å². The number of nitrogens with zero attached hydrogens (tertiary/aromatic N) is 4. The molecule has 0 aliphatic heterocycles. The lowest BCUT2D eigenvalue weighted by Gasteiger charge is -2.13. The molecule has 0 saturated heterocycles. The van der Waals surface area contributed by atoms with Crippen LogP contribution in [0.25, 0.3) is 0 Å². The van der Waals surface area contributed by atoms with Crippen LogP contribution in [0.3, 0.4) is 0 Å². The molecule has 0 aliphatic rings. The summed E-state index contributed by atoms with van der Waals surface area (Å²) in [6.45, 7) is -0.125. The minimum absolute atomic E-state index is 0.125. The topological polar surface area (TPSA) is 63.8 Å². The molecular formula is C9H9ClN4O. The molecule has 2 rings (SSSR count). The summed E-state index contributed by atoms with van der Waals surface area (Å²) in [5.41, 5.74) is 0.777. The van der Waals surface area contributed by atoms with Crippen LogP contribution >= 0.6 is 11.6 Å². The Morgan fingerprint density at radius 3 is 2.80 bits per heavy atom. The third-order valence-electron chi connectivity index (χ3n) is 2.08. The van der Waals surface area contributed by atoms with E-state index in [2.05, 4.69) is 15.4 Å². The normalized spacial score (nSPS) is 12.7. The Morgan fingerprint density at radius 2 is 2.20 bits per heavy atom. The monoisotopic (exact) mass is 224 g/mol. The van der Waals surface area contributed by atoms with Crippen molar-refractivity contribution < 1.29 is 5.11 Å². The quantitative estimate of drug-likeness (QED) is 0.842. The van der Waals surface area contributed by atoms with Crippen molar-refractivity contribution in [2.24, 2.45) is 0 Å². The van der Waals surface area contributed by atoms with Crippen LogP contribution in [0.1, 0.15) is 11.6 Å². The molecule has 2 aromatic rings. The van der Waals surface area contributed by atoms with Gasteiger partial charge in [0.2, 0.25) is 0 Å². The van der Waals surface area contributed by atoms with E-state index in [0.29, 0.717) is 5.02 Å². The van der Waals surface area contributed by atoms with Crippen molar-refractivity contribution in [1.82, 2.24) is 20.2 Å². The summed E-state index contributed by atoms with van der Waals surface area (Å²) >= 11 is 6.01. The summed E-state index contributed by atoms with van der Waals surface area (Å²) in [5, 5.41) is 21.1. The molecule has 1 N–H and O–H groups in total. The Labute approximate surface area is 91.3 Å². The van der Waals surface area contributed by atoms with Crippen LogP contribution in [0.4, 0.5) is 0 Å². The Bertz CT molecular complexity index is 431. The average Bonchev–Trinajstić information content (AvgIpc) is 2.75. The standard InChI is InChI=1S/C9H9ClN4O/c10-8-4-2-1-3-7(8)9(5-15)14-12-6-11-13-14/h1-4,6,9,15H,5H2. The van der Waals surface area contributed by atoms with Gasteiger partial charge in [0.15, 0.2) is 6.33 Å². The lowest BCUT2D eigenvalue weighted by molar-refractivity contribution is 0.228. The molecule has 0 saturated carbocycles. The Balaban J connectivity index is 2.40. The lowest BCUT2D eigenvalue weighted by atomic mass is 10.1. The lowest BCUT2D eigenvalue weighted by Crippen LogP contribution is -2.18. The number of benzene rings is 1. The number of rotatable bonds is 3. The van der Waals surface area contributed by atoms with Crippen LogP contribution in [0.15, 0.2) is 30.6 Å². The van der Waals surface area contributed by atoms with Gasteiger partial charge in [0, 0.05) is 5.02 Å². The van der Waals surface area contributed by atoms with E-state index in [1.54, 1.807) is 6.07 Å². The summed E-state index contributed by atoms with van der Waals surface area (Å²) in [4.78, 5) is 1.33. The van der Waals surface area contributed by atoms with E-state index >= 15 is 0 Å². The summed E-state index contributed by atoms with van der Waals surface area (Å²) in [5.74, 6) is 0. The molecule has 0 aliphatic carbocycles. The maximum Gasteiger partial charge on any atom is 0.162 e. The van der Waals surface area contributed by atoms with Gasteiger partial charge in [-0.15, -0.1) is 10.2 Å². The van der Waals surface area contributed by atoms with Crippen LogP contribution in [-0.2, 0) is 0 Å². The van der Waals surface area contributed by atoms with Gasteiger partial charge in [-0.25, -0.2) is 0 Å². The van der Waals surface area contributed by atoms with Crippen molar-refractivity contribution in [2.75, 3.05) is 6.61 Å². The molecule has 1 atom stereocenters. The zero-order valence-corrected chi connectivity index (χ0v) is 8.54. The number of halogens is 1. The minimum Gasteiger partial charge on any atom is -0.394 e. The Hall–Kier alpha value is -1.46. The first kappa shape index (κ1) is 10.1. The second-order valence-electron chi connectivity index (χ2n) is 2.98. The van der Waals surface area contributed by atoms with E-state index in [-0.39, 0.29) is 12.6 Å². The number of aliphatic hydroxyl groups is 1. The molecule has 0 spiro atoms. The molecule has 1 aromatic heterocycles. The summed E-state index contributed by atoms with van der Waals surface area (Å²) in [7, 11) is 0. The van der Waals surface area contributed by atoms with Crippen molar-refractivity contribution >= 4 is 11.6 Å². The van der Waals surface area contributed by atoms with Gasteiger partial charge in [0.1, 0.15) is 6.04 Å². The van der Waals surface area contributed by atoms with E-state index < -0.39 is 0 Å². The van der Waals surface area contributed by atoms with Crippen LogP contribution in [0.5, 0.6) is 0 Å². The van der Waals surface area contributed by atoms with Crippen molar-refractivity contribution in [2.45, 2.75) is 6.04 Å². The maximum absolute atomic E-state index is 9.29. The van der Waals surface area contributed by atoms with Crippen LogP contribution < -0.4 is 0 Å². The predicted octanol–water partition coefficient (Wildman–Crippen LogP) is 0.908. The van der Waals surface area contributed by atoms with E-state index in [1.165, 1.54) is 11.1 Å². The number of aromatic nitrogens is 4. The molecule has 0 radical (unpaired) electrons. The first-order valence-electron chi connectivity index (χ1n) is 4.40. The zero-order valence-electron chi connectivity index (χ0n) is 7.79. The molecule has 1 aromatic carbocycles. The van der Waals surface area contributed by atoms with Crippen molar-refractivity contribution in [1.29, 1.82) is 0 Å². The van der Waals surface area contributed by atoms with Crippen molar-refractivity contribution in [3.05, 3.63) is 41.2 Å². The van der Waals surface area contributed by atoms with Gasteiger partial charge in [-0.05, 0) is 16.8 Å². The molecule has 5 nitrogen and oxygen atoms in total. The first-order valence-corrected chi connectivity index (χ1v) is 4.78. The highest BCUT2D eigenvalue weighted by atomic mass is 35.5. The van der Waals surface area contributed by atoms with E-state index in [1.807, 2.05) is 18.2 Å². The SMILES string of the molecule is OCC(c1ccccc1Cl)n1ncnn1. The van der Waals surface area contributed by atoms with Crippen molar-refractivity contribution in [3.63, 3.8) is 0 Å². The van der Waals surface area contributed by atoms with Crippen LogP contribution in [0.2, 0.25) is 5.02 Å².